The standard InChI is InChI=1S/C5H11FO3/c6-9-4-2-1-3-5(7)8/h5,7-8H,1-4H2. The fraction of sp³-hybridized carbons (Fsp3) is 1.00. The van der Waals surface area contributed by atoms with Crippen molar-refractivity contribution >= 4 is 0 Å². The van der Waals surface area contributed by atoms with E-state index in [0.29, 0.717) is 12.8 Å². The van der Waals surface area contributed by atoms with Gasteiger partial charge < -0.3 is 10.2 Å². The van der Waals surface area contributed by atoms with Crippen LogP contribution in [-0.4, -0.2) is 23.1 Å². The highest BCUT2D eigenvalue weighted by molar-refractivity contribution is 4.40. The van der Waals surface area contributed by atoms with E-state index in [-0.39, 0.29) is 13.0 Å². The van der Waals surface area contributed by atoms with Crippen molar-refractivity contribution in [2.45, 2.75) is 25.6 Å². The maximum Gasteiger partial charge on any atom is 0.151 e. The Bertz CT molecular complexity index is 58.2. The van der Waals surface area contributed by atoms with E-state index < -0.39 is 6.29 Å². The second-order valence-electron chi connectivity index (χ2n) is 1.79. The second kappa shape index (κ2) is 5.94. The predicted octanol–water partition coefficient (Wildman–Crippen LogP) is 0.368. The summed E-state index contributed by atoms with van der Waals surface area (Å²) in [5, 5.41) is 16.5. The number of aliphatic hydroxyl groups excluding tert-OH is 1. The summed E-state index contributed by atoms with van der Waals surface area (Å²) in [6, 6.07) is 0. The molecule has 0 atom stereocenters. The molecule has 0 saturated heterocycles. The summed E-state index contributed by atoms with van der Waals surface area (Å²) in [6.45, 7) is 0.0344. The molecule has 0 amide bonds. The highest BCUT2D eigenvalue weighted by Gasteiger charge is 1.95. The maximum atomic E-state index is 10.9. The molecule has 0 aliphatic carbocycles. The Kier molecular flexibility index (Phi) is 5.81. The normalized spacial score (nSPS) is 10.7. The third-order valence-electron chi connectivity index (χ3n) is 0.934. The molecule has 0 heterocycles. The van der Waals surface area contributed by atoms with E-state index in [0.717, 1.165) is 0 Å². The van der Waals surface area contributed by atoms with Gasteiger partial charge in [0.25, 0.3) is 0 Å². The van der Waals surface area contributed by atoms with Crippen LogP contribution in [0.25, 0.3) is 0 Å². The molecule has 0 fully saturated rings. The van der Waals surface area contributed by atoms with Crippen LogP contribution in [0.15, 0.2) is 0 Å². The average molecular weight is 138 g/mol. The predicted molar refractivity (Wildman–Crippen MR) is 29.1 cm³/mol. The van der Waals surface area contributed by atoms with Gasteiger partial charge in [-0.25, -0.2) is 0 Å². The number of unbranched alkanes of at least 4 members (excludes halogenated alkanes) is 1. The average Bonchev–Trinajstić information content (AvgIpc) is 1.80. The van der Waals surface area contributed by atoms with Gasteiger partial charge in [-0.3, -0.25) is 0 Å². The number of hydrogen-bond donors (Lipinski definition) is 2. The third-order valence-corrected chi connectivity index (χ3v) is 0.934. The molecule has 0 unspecified atom stereocenters. The first-order chi connectivity index (χ1) is 4.27. The molecule has 3 nitrogen and oxygen atoms in total. The van der Waals surface area contributed by atoms with Gasteiger partial charge in [-0.2, -0.15) is 4.94 Å². The second-order valence-corrected chi connectivity index (χ2v) is 1.79. The smallest absolute Gasteiger partial charge is 0.151 e. The molecule has 0 spiro atoms. The lowest BCUT2D eigenvalue weighted by atomic mass is 10.2. The Balaban J connectivity index is 2.75. The van der Waals surface area contributed by atoms with Crippen molar-refractivity contribution in [3.63, 3.8) is 0 Å². The van der Waals surface area contributed by atoms with Crippen LogP contribution in [0.5, 0.6) is 0 Å². The summed E-state index contributed by atoms with van der Waals surface area (Å²) in [5.74, 6) is 0. The first-order valence-electron chi connectivity index (χ1n) is 2.87. The molecule has 56 valence electrons. The lowest BCUT2D eigenvalue weighted by Crippen LogP contribution is -2.03. The fourth-order valence-electron chi connectivity index (χ4n) is 0.484. The van der Waals surface area contributed by atoms with Crippen molar-refractivity contribution in [1.29, 1.82) is 0 Å². The first-order valence-corrected chi connectivity index (χ1v) is 2.87. The Morgan fingerprint density at radius 1 is 1.33 bits per heavy atom. The number of halogens is 1. The molecule has 0 aliphatic heterocycles. The molecule has 0 aromatic heterocycles. The molecule has 4 heteroatoms. The molecule has 0 saturated carbocycles. The lowest BCUT2D eigenvalue weighted by Gasteiger charge is -1.99. The van der Waals surface area contributed by atoms with Crippen molar-refractivity contribution in [2.75, 3.05) is 6.61 Å². The van der Waals surface area contributed by atoms with Gasteiger partial charge in [-0.05, 0) is 23.8 Å². The minimum atomic E-state index is -1.27. The topological polar surface area (TPSA) is 49.7 Å². The zero-order valence-corrected chi connectivity index (χ0v) is 5.09. The molecule has 0 aliphatic rings. The van der Waals surface area contributed by atoms with Crippen LogP contribution < -0.4 is 0 Å². The van der Waals surface area contributed by atoms with Crippen LogP contribution in [0, 0.1) is 0 Å². The zero-order valence-electron chi connectivity index (χ0n) is 5.09. The highest BCUT2D eigenvalue weighted by atomic mass is 19.3. The summed E-state index contributed by atoms with van der Waals surface area (Å²) in [5.41, 5.74) is 0. The summed E-state index contributed by atoms with van der Waals surface area (Å²) < 4.78 is 10.9. The lowest BCUT2D eigenvalue weighted by molar-refractivity contribution is -0.134. The van der Waals surface area contributed by atoms with Gasteiger partial charge in [0.15, 0.2) is 6.29 Å². The van der Waals surface area contributed by atoms with Gasteiger partial charge in [-0.1, -0.05) is 0 Å². The Morgan fingerprint density at radius 2 is 2.00 bits per heavy atom. The number of rotatable bonds is 5. The SMILES string of the molecule is OC(O)CCCCOF. The van der Waals surface area contributed by atoms with E-state index in [9.17, 15) is 4.53 Å². The van der Waals surface area contributed by atoms with Crippen LogP contribution in [0.1, 0.15) is 19.3 Å². The minimum Gasteiger partial charge on any atom is -0.368 e. The van der Waals surface area contributed by atoms with E-state index >= 15 is 0 Å². The van der Waals surface area contributed by atoms with Gasteiger partial charge in [0.1, 0.15) is 0 Å². The Labute approximate surface area is 53.0 Å². The number of hydrogen-bond acceptors (Lipinski definition) is 3. The van der Waals surface area contributed by atoms with Gasteiger partial charge in [0.2, 0.25) is 0 Å². The monoisotopic (exact) mass is 138 g/mol. The van der Waals surface area contributed by atoms with Crippen LogP contribution >= 0.6 is 0 Å². The van der Waals surface area contributed by atoms with E-state index in [1.165, 1.54) is 0 Å². The van der Waals surface area contributed by atoms with Gasteiger partial charge >= 0.3 is 0 Å². The van der Waals surface area contributed by atoms with Crippen molar-refractivity contribution in [1.82, 2.24) is 0 Å². The van der Waals surface area contributed by atoms with Crippen LogP contribution in [0.3, 0.4) is 0 Å². The molecule has 0 aromatic rings. The van der Waals surface area contributed by atoms with Crippen molar-refractivity contribution in [3.05, 3.63) is 0 Å². The quantitative estimate of drug-likeness (QED) is 0.426. The van der Waals surface area contributed by atoms with Crippen LogP contribution in [0.2, 0.25) is 0 Å². The molecular weight excluding hydrogens is 127 g/mol. The van der Waals surface area contributed by atoms with E-state index in [4.69, 9.17) is 10.2 Å². The van der Waals surface area contributed by atoms with Gasteiger partial charge in [-0.15, -0.1) is 0 Å². The zero-order chi connectivity index (χ0) is 7.11. The van der Waals surface area contributed by atoms with E-state index in [1.807, 2.05) is 0 Å². The van der Waals surface area contributed by atoms with E-state index in [2.05, 4.69) is 4.94 Å². The van der Waals surface area contributed by atoms with Gasteiger partial charge in [0.05, 0.1) is 6.61 Å². The Morgan fingerprint density at radius 3 is 2.44 bits per heavy atom. The van der Waals surface area contributed by atoms with Crippen LogP contribution in [-0.2, 0) is 4.94 Å². The largest absolute Gasteiger partial charge is 0.368 e. The van der Waals surface area contributed by atoms with Crippen molar-refractivity contribution < 1.29 is 19.7 Å². The minimum absolute atomic E-state index is 0.0344. The molecule has 0 radical (unpaired) electrons. The molecule has 0 aromatic carbocycles. The summed E-state index contributed by atoms with van der Waals surface area (Å²) in [6.07, 6.45) is 0.101. The molecule has 2 N–H and O–H groups in total. The number of aliphatic hydroxyl groups is 2. The molecular formula is C5H11FO3. The van der Waals surface area contributed by atoms with E-state index in [1.54, 1.807) is 0 Å². The molecule has 0 rings (SSSR count). The molecule has 0 bridgehead atoms. The van der Waals surface area contributed by atoms with Crippen molar-refractivity contribution in [2.24, 2.45) is 0 Å². The highest BCUT2D eigenvalue weighted by Crippen LogP contribution is 1.98. The molecule has 9 heavy (non-hydrogen) atoms. The third kappa shape index (κ3) is 7.81. The Hall–Kier alpha value is -0.190. The summed E-state index contributed by atoms with van der Waals surface area (Å²) >= 11 is 0. The first kappa shape index (κ1) is 8.81. The summed E-state index contributed by atoms with van der Waals surface area (Å²) in [4.78, 5) is 3.26. The van der Waals surface area contributed by atoms with Gasteiger partial charge in [0, 0.05) is 0 Å². The fourth-order valence-corrected chi connectivity index (χ4v) is 0.484. The summed E-state index contributed by atoms with van der Waals surface area (Å²) in [7, 11) is 0. The van der Waals surface area contributed by atoms with Crippen molar-refractivity contribution in [3.8, 4) is 0 Å². The van der Waals surface area contributed by atoms with Crippen LogP contribution in [0.4, 0.5) is 4.53 Å². The maximum absolute atomic E-state index is 10.9.